The van der Waals surface area contributed by atoms with Crippen LogP contribution in [0.5, 0.6) is 11.8 Å². The molecule has 3 saturated carbocycles. The molecule has 2 heterocycles. The van der Waals surface area contributed by atoms with Crippen LogP contribution in [-0.4, -0.2) is 111 Å². The number of thioether (sulfide) groups is 1. The number of carbonyl (C=O) groups is 6. The van der Waals surface area contributed by atoms with Gasteiger partial charge in [0, 0.05) is 75.8 Å². The van der Waals surface area contributed by atoms with E-state index in [-0.39, 0.29) is 87.3 Å². The summed E-state index contributed by atoms with van der Waals surface area (Å²) in [5, 5.41) is 37.9. The molecule has 3 amide bonds. The van der Waals surface area contributed by atoms with E-state index in [4.69, 9.17) is 31.3 Å². The van der Waals surface area contributed by atoms with Gasteiger partial charge < -0.3 is 47.3 Å². The molecule has 0 spiro atoms. The van der Waals surface area contributed by atoms with E-state index < -0.39 is 0 Å². The van der Waals surface area contributed by atoms with Gasteiger partial charge in [-0.15, -0.1) is 22.0 Å². The molecule has 0 bridgehead atoms. The molecular weight excluding hydrogens is 1230 g/mol. The van der Waals surface area contributed by atoms with Crippen molar-refractivity contribution in [3.8, 4) is 29.2 Å². The van der Waals surface area contributed by atoms with E-state index in [1.54, 1.807) is 104 Å². The van der Waals surface area contributed by atoms with Crippen LogP contribution in [-0.2, 0) is 0 Å². The molecule has 9 N–H and O–H groups in total. The summed E-state index contributed by atoms with van der Waals surface area (Å²) < 4.78 is 14.5. The van der Waals surface area contributed by atoms with E-state index in [2.05, 4.69) is 31.5 Å². The Morgan fingerprint density at radius 2 is 0.906 bits per heavy atom. The number of aliphatic hydroxyl groups excluding tert-OH is 1. The Labute approximate surface area is 566 Å². The molecule has 3 aliphatic carbocycles. The molecular formula is C75H87N11O9S. The molecule has 2 aromatic heterocycles. The second kappa shape index (κ2) is 35.8. The number of nitriles is 1. The zero-order valence-electron chi connectivity index (χ0n) is 56.1. The molecule has 0 radical (unpaired) electrons. The number of amides is 3. The maximum Gasteiger partial charge on any atom is 0.251 e. The molecule has 8 aromatic rings. The molecule has 0 saturated heterocycles. The lowest BCUT2D eigenvalue weighted by Gasteiger charge is -2.11. The van der Waals surface area contributed by atoms with Gasteiger partial charge in [0.1, 0.15) is 34.4 Å². The molecule has 11 rings (SSSR count). The molecule has 0 atom stereocenters. The molecule has 96 heavy (non-hydrogen) atoms. The second-order valence-corrected chi connectivity index (χ2v) is 24.3. The number of aryl methyl sites for hydroxylation is 3. The number of aliphatic hydroxyl groups is 1. The number of Topliss-reactive ketones (excluding diaryl/α,β-unsaturated/α-hetero) is 1. The van der Waals surface area contributed by atoms with Crippen molar-refractivity contribution in [3.63, 3.8) is 0 Å². The number of aromatic nitrogens is 4. The minimum Gasteiger partial charge on any atom is -0.476 e. The number of anilines is 3. The van der Waals surface area contributed by atoms with Crippen molar-refractivity contribution in [3.05, 3.63) is 217 Å². The molecule has 6 aromatic carbocycles. The maximum absolute atomic E-state index is 13.2. The zero-order valence-corrected chi connectivity index (χ0v) is 56.9. The highest BCUT2D eigenvalue weighted by molar-refractivity contribution is 8.02. The molecule has 0 aliphatic heterocycles. The van der Waals surface area contributed by atoms with Crippen LogP contribution in [0.25, 0.3) is 11.4 Å². The second-order valence-electron chi connectivity index (χ2n) is 23.2. The van der Waals surface area contributed by atoms with Crippen LogP contribution in [0.4, 0.5) is 17.3 Å². The first-order valence-electron chi connectivity index (χ1n) is 32.3. The van der Waals surface area contributed by atoms with Crippen LogP contribution in [0, 0.1) is 32.1 Å². The summed E-state index contributed by atoms with van der Waals surface area (Å²) in [6.45, 7) is 14.6. The van der Waals surface area contributed by atoms with Gasteiger partial charge >= 0.3 is 0 Å². The highest BCUT2D eigenvalue weighted by atomic mass is 32.2. The summed E-state index contributed by atoms with van der Waals surface area (Å²) in [5.74, 6) is -0.174. The number of benzene rings is 6. The number of rotatable bonds is 23. The highest BCUT2D eigenvalue weighted by Gasteiger charge is 2.30. The minimum atomic E-state index is -0.254. The Morgan fingerprint density at radius 3 is 1.23 bits per heavy atom. The first-order chi connectivity index (χ1) is 46.3. The fourth-order valence-corrected chi connectivity index (χ4v) is 9.63. The Hall–Kier alpha value is -10.3. The predicted molar refractivity (Wildman–Crippen MR) is 379 cm³/mol. The van der Waals surface area contributed by atoms with Gasteiger partial charge in [-0.1, -0.05) is 130 Å². The van der Waals surface area contributed by atoms with Gasteiger partial charge in [0.15, 0.2) is 0 Å². The average Bonchev–Trinajstić information content (AvgIpc) is 1.71. The Morgan fingerprint density at radius 1 is 0.552 bits per heavy atom. The maximum atomic E-state index is 13.2. The Balaban J connectivity index is 0.000000186. The van der Waals surface area contributed by atoms with Crippen molar-refractivity contribution in [1.29, 1.82) is 5.26 Å². The van der Waals surface area contributed by atoms with Crippen LogP contribution >= 0.6 is 11.8 Å². The molecule has 0 unspecified atom stereocenters. The van der Waals surface area contributed by atoms with E-state index in [1.807, 2.05) is 109 Å². The van der Waals surface area contributed by atoms with E-state index in [0.717, 1.165) is 90.6 Å². The first-order valence-corrected chi connectivity index (χ1v) is 33.5. The van der Waals surface area contributed by atoms with Crippen molar-refractivity contribution in [1.82, 2.24) is 35.5 Å². The van der Waals surface area contributed by atoms with Gasteiger partial charge in [-0.2, -0.15) is 5.26 Å². The average molecular weight is 1320 g/mol. The summed E-state index contributed by atoms with van der Waals surface area (Å²) in [6, 6.07) is 46.0. The molecule has 3 aliphatic rings. The smallest absolute Gasteiger partial charge is 0.251 e. The van der Waals surface area contributed by atoms with Gasteiger partial charge in [0.25, 0.3) is 17.7 Å². The lowest BCUT2D eigenvalue weighted by atomic mass is 10.0. The standard InChI is InChI=1S/2C24H26N4O3.C12H16N2O.C12H11NOS.C3H8O/c2*1-3-13-31-24-20(21(29)16-7-5-4-6-8-16)22(25)28(27-24)19-14-17(10-9-15(19)2)23(30)26-18-11-12-18;1-8-3-4-9(7-11(8)13-2)12(15)14-10-5-6-10;1-9(15-2)11(8-13)12(14)10-6-4-3-5-7-10;1-2-3-4/h2*4-10,14,18H,3,11-13,25H2,1-2H3,(H,26,30);3-4,7,10,13H,5-6H2,1-2H3,(H,14,15);3-7H,1-2H3;4H,2-3H2,1H3/b;;;11-9+;. The fourth-order valence-electron chi connectivity index (χ4n) is 9.29. The van der Waals surface area contributed by atoms with Gasteiger partial charge in [-0.3, -0.25) is 28.8 Å². The van der Waals surface area contributed by atoms with Crippen LogP contribution in [0.3, 0.4) is 0 Å². The molecule has 502 valence electrons. The number of nitrogens with zero attached hydrogens (tertiary/aromatic N) is 5. The number of nitrogens with two attached hydrogens (primary N) is 2. The summed E-state index contributed by atoms with van der Waals surface area (Å²) >= 11 is 1.42. The van der Waals surface area contributed by atoms with Gasteiger partial charge in [0.05, 0.1) is 24.6 Å². The van der Waals surface area contributed by atoms with Crippen molar-refractivity contribution in [2.45, 2.75) is 124 Å². The predicted octanol–water partition coefficient (Wildman–Crippen LogP) is 12.7. The van der Waals surface area contributed by atoms with Gasteiger partial charge in [-0.05, 0) is 145 Å². The highest BCUT2D eigenvalue weighted by Crippen LogP contribution is 2.34. The summed E-state index contributed by atoms with van der Waals surface area (Å²) in [6.07, 6.45) is 10.6. The largest absolute Gasteiger partial charge is 0.476 e. The lowest BCUT2D eigenvalue weighted by Crippen LogP contribution is -2.25. The molecule has 20 nitrogen and oxygen atoms in total. The normalized spacial score (nSPS) is 12.9. The SMILES string of the molecule is CCCO.CCCOc1nn(-c2cc(C(=O)NC3CC3)ccc2C)c(N)c1C(=O)c1ccccc1.CCCOc1nn(-c2cc(C(=O)NC3CC3)ccc2C)c(N)c1C(=O)c1ccccc1.CNc1cc(C(=O)NC2CC2)ccc1C.CS/C(C)=C(\C#N)C(=O)c1ccccc1. The number of nitrogens with one attached hydrogen (secondary N) is 4. The van der Waals surface area contributed by atoms with E-state index in [9.17, 15) is 28.8 Å². The minimum absolute atomic E-state index is 0.0361. The molecule has 3 fully saturated rings. The number of nitrogen functional groups attached to an aromatic ring is 2. The summed E-state index contributed by atoms with van der Waals surface area (Å²) in [5.41, 5.74) is 22.1. The topological polar surface area (TPSA) is 301 Å². The number of hydrogen-bond donors (Lipinski definition) is 7. The Kier molecular flexibility index (Phi) is 27.3. The van der Waals surface area contributed by atoms with E-state index in [0.29, 0.717) is 65.1 Å². The number of ketones is 3. The van der Waals surface area contributed by atoms with Gasteiger partial charge in [0.2, 0.25) is 29.1 Å². The fraction of sp³-hybridized carbons (Fsp3) is 0.320. The monoisotopic (exact) mass is 1320 g/mol. The van der Waals surface area contributed by atoms with Crippen LogP contribution < -0.4 is 42.2 Å². The van der Waals surface area contributed by atoms with Crippen LogP contribution in [0.15, 0.2) is 156 Å². The van der Waals surface area contributed by atoms with Crippen molar-refractivity contribution in [2.75, 3.05) is 49.9 Å². The van der Waals surface area contributed by atoms with Crippen LogP contribution in [0.1, 0.15) is 175 Å². The van der Waals surface area contributed by atoms with Crippen molar-refractivity contribution >= 4 is 64.2 Å². The zero-order chi connectivity index (χ0) is 69.4. The van der Waals surface area contributed by atoms with Gasteiger partial charge in [-0.25, -0.2) is 9.36 Å². The third kappa shape index (κ3) is 20.1. The summed E-state index contributed by atoms with van der Waals surface area (Å²) in [4.78, 5) is 75.8. The Bertz CT molecular complexity index is 3890. The molecule has 21 heteroatoms. The number of ether oxygens (including phenoxy) is 2. The van der Waals surface area contributed by atoms with Crippen molar-refractivity contribution < 1.29 is 43.3 Å². The number of allylic oxidation sites excluding steroid dienone is 2. The summed E-state index contributed by atoms with van der Waals surface area (Å²) in [7, 11) is 1.87. The number of carbonyl (C=O) groups excluding carboxylic acids is 6. The third-order valence-electron chi connectivity index (χ3n) is 15.4. The van der Waals surface area contributed by atoms with Crippen molar-refractivity contribution in [2.24, 2.45) is 0 Å². The lowest BCUT2D eigenvalue weighted by molar-refractivity contribution is 0.0942. The third-order valence-corrected chi connectivity index (χ3v) is 16.2. The van der Waals surface area contributed by atoms with E-state index >= 15 is 0 Å². The quantitative estimate of drug-likeness (QED) is 0.0178. The number of hydrogen-bond acceptors (Lipinski definition) is 16. The van der Waals surface area contributed by atoms with Crippen LogP contribution in [0.2, 0.25) is 0 Å². The first kappa shape index (κ1) is 73.1. The van der Waals surface area contributed by atoms with E-state index in [1.165, 1.54) is 21.1 Å².